The standard InChI is InChI=1S/C14H26O7/c1-13(14(16)17-2)12-21-11-10-19-6-3-5-18-8-9-20-7-4-15/h15H,1,3-12H2,2H3. The predicted octanol–water partition coefficient (Wildman–Crippen LogP) is 0.164. The maximum Gasteiger partial charge on any atom is 0.335 e. The first-order valence-corrected chi connectivity index (χ1v) is 6.90. The van der Waals surface area contributed by atoms with Gasteiger partial charge >= 0.3 is 5.97 Å². The maximum atomic E-state index is 11.0. The normalized spacial score (nSPS) is 10.6. The van der Waals surface area contributed by atoms with Crippen LogP contribution in [0.1, 0.15) is 6.42 Å². The molecule has 0 aliphatic heterocycles. The molecule has 0 radical (unpaired) electrons. The van der Waals surface area contributed by atoms with Gasteiger partial charge < -0.3 is 28.8 Å². The molecular weight excluding hydrogens is 280 g/mol. The van der Waals surface area contributed by atoms with E-state index >= 15 is 0 Å². The summed E-state index contributed by atoms with van der Waals surface area (Å²) in [5.74, 6) is -0.462. The van der Waals surface area contributed by atoms with Crippen molar-refractivity contribution in [1.29, 1.82) is 0 Å². The molecule has 0 rings (SSSR count). The van der Waals surface area contributed by atoms with E-state index in [1.54, 1.807) is 0 Å². The Morgan fingerprint density at radius 3 is 1.95 bits per heavy atom. The van der Waals surface area contributed by atoms with Gasteiger partial charge in [0.2, 0.25) is 0 Å². The fourth-order valence-corrected chi connectivity index (χ4v) is 1.27. The number of carbonyl (C=O) groups excluding carboxylic acids is 1. The molecular formula is C14H26O7. The summed E-state index contributed by atoms with van der Waals surface area (Å²) in [5.41, 5.74) is 0.286. The number of methoxy groups -OCH3 is 1. The van der Waals surface area contributed by atoms with Crippen LogP contribution in [0.4, 0.5) is 0 Å². The van der Waals surface area contributed by atoms with Crippen molar-refractivity contribution in [1.82, 2.24) is 0 Å². The van der Waals surface area contributed by atoms with Gasteiger partial charge in [-0.3, -0.25) is 0 Å². The summed E-state index contributed by atoms with van der Waals surface area (Å²) < 4.78 is 25.4. The average molecular weight is 306 g/mol. The van der Waals surface area contributed by atoms with Crippen molar-refractivity contribution >= 4 is 5.97 Å². The third-order valence-corrected chi connectivity index (χ3v) is 2.31. The minimum atomic E-state index is -0.462. The van der Waals surface area contributed by atoms with Gasteiger partial charge in [-0.2, -0.15) is 0 Å². The van der Waals surface area contributed by atoms with Gasteiger partial charge in [0.25, 0.3) is 0 Å². The van der Waals surface area contributed by atoms with Gasteiger partial charge in [0.1, 0.15) is 0 Å². The highest BCUT2D eigenvalue weighted by molar-refractivity contribution is 5.87. The summed E-state index contributed by atoms with van der Waals surface area (Å²) in [6.45, 7) is 7.08. The van der Waals surface area contributed by atoms with E-state index in [1.807, 2.05) is 0 Å². The molecule has 0 unspecified atom stereocenters. The van der Waals surface area contributed by atoms with Gasteiger partial charge in [-0.05, 0) is 6.42 Å². The Hall–Kier alpha value is -0.990. The second-order valence-electron chi connectivity index (χ2n) is 4.06. The lowest BCUT2D eigenvalue weighted by Gasteiger charge is -2.07. The van der Waals surface area contributed by atoms with Crippen LogP contribution in [0.15, 0.2) is 12.2 Å². The number of hydrogen-bond acceptors (Lipinski definition) is 7. The molecule has 0 amide bonds. The third-order valence-electron chi connectivity index (χ3n) is 2.31. The molecule has 0 bridgehead atoms. The third kappa shape index (κ3) is 13.7. The van der Waals surface area contributed by atoms with Crippen molar-refractivity contribution in [3.63, 3.8) is 0 Å². The van der Waals surface area contributed by atoms with E-state index in [2.05, 4.69) is 11.3 Å². The number of hydrogen-bond donors (Lipinski definition) is 1. The van der Waals surface area contributed by atoms with E-state index in [9.17, 15) is 4.79 Å². The van der Waals surface area contributed by atoms with Crippen molar-refractivity contribution in [2.75, 3.05) is 66.6 Å². The summed E-state index contributed by atoms with van der Waals surface area (Å²) in [5, 5.41) is 8.48. The van der Waals surface area contributed by atoms with Crippen molar-refractivity contribution in [2.45, 2.75) is 6.42 Å². The number of esters is 1. The lowest BCUT2D eigenvalue weighted by molar-refractivity contribution is -0.136. The fraction of sp³-hybridized carbons (Fsp3) is 0.786. The quantitative estimate of drug-likeness (QED) is 0.262. The van der Waals surface area contributed by atoms with Crippen molar-refractivity contribution in [3.05, 3.63) is 12.2 Å². The lowest BCUT2D eigenvalue weighted by Crippen LogP contribution is -2.13. The molecule has 0 spiro atoms. The molecule has 0 aliphatic rings. The summed E-state index contributed by atoms with van der Waals surface area (Å²) in [4.78, 5) is 11.0. The van der Waals surface area contributed by atoms with E-state index in [0.717, 1.165) is 6.42 Å². The topological polar surface area (TPSA) is 83.5 Å². The molecule has 7 nitrogen and oxygen atoms in total. The van der Waals surface area contributed by atoms with Crippen molar-refractivity contribution < 1.29 is 33.6 Å². The van der Waals surface area contributed by atoms with Crippen LogP contribution in [0.2, 0.25) is 0 Å². The Kier molecular flexibility index (Phi) is 14.7. The van der Waals surface area contributed by atoms with E-state index in [1.165, 1.54) is 7.11 Å². The molecule has 0 aromatic carbocycles. The zero-order valence-corrected chi connectivity index (χ0v) is 12.7. The first-order valence-electron chi connectivity index (χ1n) is 6.90. The van der Waals surface area contributed by atoms with Crippen molar-refractivity contribution in [2.24, 2.45) is 0 Å². The van der Waals surface area contributed by atoms with E-state index < -0.39 is 5.97 Å². The molecule has 0 aromatic rings. The molecule has 124 valence electrons. The molecule has 0 heterocycles. The number of ether oxygens (including phenoxy) is 5. The summed E-state index contributed by atoms with van der Waals surface area (Å²) >= 11 is 0. The molecule has 1 N–H and O–H groups in total. The Balaban J connectivity index is 3.12. The highest BCUT2D eigenvalue weighted by Gasteiger charge is 2.05. The minimum absolute atomic E-state index is 0.0306. The first kappa shape index (κ1) is 20.0. The molecule has 0 fully saturated rings. The van der Waals surface area contributed by atoms with Crippen LogP contribution in [0.25, 0.3) is 0 Å². The van der Waals surface area contributed by atoms with Gasteiger partial charge in [-0.1, -0.05) is 6.58 Å². The Labute approximate surface area is 125 Å². The number of rotatable bonds is 15. The first-order chi connectivity index (χ1) is 10.2. The fourth-order valence-electron chi connectivity index (χ4n) is 1.27. The number of aliphatic hydroxyl groups is 1. The molecule has 0 atom stereocenters. The average Bonchev–Trinajstić information content (AvgIpc) is 2.50. The zero-order chi connectivity index (χ0) is 15.8. The van der Waals surface area contributed by atoms with E-state index in [-0.39, 0.29) is 18.8 Å². The summed E-state index contributed by atoms with van der Waals surface area (Å²) in [6.07, 6.45) is 0.787. The Morgan fingerprint density at radius 1 is 0.905 bits per heavy atom. The predicted molar refractivity (Wildman–Crippen MR) is 76.1 cm³/mol. The minimum Gasteiger partial charge on any atom is -0.466 e. The maximum absolute atomic E-state index is 11.0. The van der Waals surface area contributed by atoms with Gasteiger partial charge in [-0.15, -0.1) is 0 Å². The van der Waals surface area contributed by atoms with Crippen LogP contribution >= 0.6 is 0 Å². The van der Waals surface area contributed by atoms with Crippen LogP contribution in [0, 0.1) is 0 Å². The highest BCUT2D eigenvalue weighted by Crippen LogP contribution is 1.94. The largest absolute Gasteiger partial charge is 0.466 e. The lowest BCUT2D eigenvalue weighted by atomic mass is 10.3. The van der Waals surface area contributed by atoms with Gasteiger partial charge in [0.15, 0.2) is 0 Å². The molecule has 0 aliphatic carbocycles. The van der Waals surface area contributed by atoms with Gasteiger partial charge in [0, 0.05) is 13.2 Å². The smallest absolute Gasteiger partial charge is 0.335 e. The van der Waals surface area contributed by atoms with Gasteiger partial charge in [0.05, 0.1) is 58.9 Å². The summed E-state index contributed by atoms with van der Waals surface area (Å²) in [7, 11) is 1.30. The second-order valence-corrected chi connectivity index (χ2v) is 4.06. The number of carbonyl (C=O) groups is 1. The van der Waals surface area contributed by atoms with E-state index in [0.29, 0.717) is 46.2 Å². The SMILES string of the molecule is C=C(COCCOCCCOCCOCCO)C(=O)OC. The molecule has 0 saturated heterocycles. The molecule has 0 aromatic heterocycles. The molecule has 21 heavy (non-hydrogen) atoms. The molecule has 0 saturated carbocycles. The van der Waals surface area contributed by atoms with Crippen LogP contribution in [-0.2, 0) is 28.5 Å². The van der Waals surface area contributed by atoms with Crippen LogP contribution in [0.5, 0.6) is 0 Å². The van der Waals surface area contributed by atoms with Crippen LogP contribution < -0.4 is 0 Å². The van der Waals surface area contributed by atoms with Crippen LogP contribution in [0.3, 0.4) is 0 Å². The van der Waals surface area contributed by atoms with Crippen molar-refractivity contribution in [3.8, 4) is 0 Å². The zero-order valence-electron chi connectivity index (χ0n) is 12.7. The van der Waals surface area contributed by atoms with Gasteiger partial charge in [-0.25, -0.2) is 4.79 Å². The van der Waals surface area contributed by atoms with E-state index in [4.69, 9.17) is 24.1 Å². The Morgan fingerprint density at radius 2 is 1.43 bits per heavy atom. The summed E-state index contributed by atoms with van der Waals surface area (Å²) in [6, 6.07) is 0. The highest BCUT2D eigenvalue weighted by atomic mass is 16.5. The monoisotopic (exact) mass is 306 g/mol. The number of aliphatic hydroxyl groups excluding tert-OH is 1. The van der Waals surface area contributed by atoms with Crippen LogP contribution in [-0.4, -0.2) is 77.6 Å². The molecule has 7 heteroatoms. The Bertz CT molecular complexity index is 268. The second kappa shape index (κ2) is 15.4.